The van der Waals surface area contributed by atoms with Crippen LogP contribution < -0.4 is 20.1 Å². The van der Waals surface area contributed by atoms with E-state index in [4.69, 9.17) is 9.47 Å². The van der Waals surface area contributed by atoms with E-state index in [1.807, 2.05) is 6.07 Å². The fraction of sp³-hybridized carbons (Fsp3) is 0.150. The lowest BCUT2D eigenvalue weighted by molar-refractivity contribution is -0.132. The zero-order valence-corrected chi connectivity index (χ0v) is 15.7. The summed E-state index contributed by atoms with van der Waals surface area (Å²) in [6.45, 7) is 0. The fourth-order valence-corrected chi connectivity index (χ4v) is 2.74. The number of amides is 2. The topological polar surface area (TPSA) is 94.5 Å². The molecule has 0 saturated heterocycles. The minimum Gasteiger partial charge on any atom is -0.496 e. The summed E-state index contributed by atoms with van der Waals surface area (Å²) in [5.41, 5.74) is 2.33. The third kappa shape index (κ3) is 3.96. The summed E-state index contributed by atoms with van der Waals surface area (Å²) in [5.74, 6) is -0.404. The second kappa shape index (κ2) is 8.26. The van der Waals surface area contributed by atoms with Gasteiger partial charge in [-0.25, -0.2) is 0 Å². The minimum atomic E-state index is -0.781. The number of aryl methyl sites for hydroxylation is 1. The molecule has 3 aromatic rings. The number of methoxy groups -OCH3 is 2. The molecule has 0 saturated carbocycles. The van der Waals surface area contributed by atoms with Gasteiger partial charge in [-0.05, 0) is 30.3 Å². The Labute approximate surface area is 162 Å². The number of nitrogens with zero attached hydrogens (tertiary/aromatic N) is 2. The van der Waals surface area contributed by atoms with E-state index >= 15 is 0 Å². The van der Waals surface area contributed by atoms with Crippen molar-refractivity contribution < 1.29 is 19.1 Å². The number of ether oxygens (including phenoxy) is 2. The Balaban J connectivity index is 1.84. The van der Waals surface area contributed by atoms with Crippen LogP contribution in [0.4, 0.5) is 11.4 Å². The first kappa shape index (κ1) is 19.0. The average molecular weight is 380 g/mol. The van der Waals surface area contributed by atoms with Crippen molar-refractivity contribution >= 4 is 23.2 Å². The number of hydrogen-bond donors (Lipinski definition) is 2. The van der Waals surface area contributed by atoms with Gasteiger partial charge in [0.2, 0.25) is 0 Å². The highest BCUT2D eigenvalue weighted by Gasteiger charge is 2.19. The number of carbonyl (C=O) groups excluding carboxylic acids is 2. The number of benzene rings is 2. The Bertz CT molecular complexity index is 999. The van der Waals surface area contributed by atoms with Crippen LogP contribution in [-0.4, -0.2) is 35.8 Å². The number of hydrogen-bond acceptors (Lipinski definition) is 5. The molecule has 1 aromatic heterocycles. The fourth-order valence-electron chi connectivity index (χ4n) is 2.74. The first-order valence-corrected chi connectivity index (χ1v) is 8.45. The van der Waals surface area contributed by atoms with Crippen LogP contribution in [-0.2, 0) is 16.6 Å². The molecule has 0 aliphatic carbocycles. The molecule has 8 heteroatoms. The van der Waals surface area contributed by atoms with Gasteiger partial charge in [-0.2, -0.15) is 5.10 Å². The van der Waals surface area contributed by atoms with Crippen molar-refractivity contribution in [1.29, 1.82) is 0 Å². The maximum atomic E-state index is 12.3. The smallest absolute Gasteiger partial charge is 0.314 e. The van der Waals surface area contributed by atoms with E-state index in [1.165, 1.54) is 0 Å². The second-order valence-electron chi connectivity index (χ2n) is 5.87. The Morgan fingerprint density at radius 3 is 2.18 bits per heavy atom. The Hall–Kier alpha value is -3.81. The van der Waals surface area contributed by atoms with Crippen LogP contribution in [0.25, 0.3) is 11.3 Å². The molecule has 2 aromatic carbocycles. The maximum Gasteiger partial charge on any atom is 0.314 e. The zero-order valence-electron chi connectivity index (χ0n) is 15.7. The van der Waals surface area contributed by atoms with Crippen molar-refractivity contribution in [2.45, 2.75) is 0 Å². The van der Waals surface area contributed by atoms with Gasteiger partial charge in [0.1, 0.15) is 11.4 Å². The molecule has 0 atom stereocenters. The van der Waals surface area contributed by atoms with Crippen molar-refractivity contribution in [3.63, 3.8) is 0 Å². The van der Waals surface area contributed by atoms with Gasteiger partial charge in [0.15, 0.2) is 5.75 Å². The molecule has 3 rings (SSSR count). The normalized spacial score (nSPS) is 10.2. The summed E-state index contributed by atoms with van der Waals surface area (Å²) in [5, 5.41) is 9.33. The average Bonchev–Trinajstić information content (AvgIpc) is 3.09. The summed E-state index contributed by atoms with van der Waals surface area (Å²) in [7, 11) is 4.87. The highest BCUT2D eigenvalue weighted by atomic mass is 16.5. The van der Waals surface area contributed by atoms with Crippen molar-refractivity contribution in [1.82, 2.24) is 9.78 Å². The molecule has 2 N–H and O–H groups in total. The van der Waals surface area contributed by atoms with Crippen LogP contribution >= 0.6 is 0 Å². The minimum absolute atomic E-state index is 0.437. The Kier molecular flexibility index (Phi) is 5.59. The first-order chi connectivity index (χ1) is 13.5. The van der Waals surface area contributed by atoms with Crippen molar-refractivity contribution in [3.05, 3.63) is 54.7 Å². The Morgan fingerprint density at radius 1 is 0.893 bits per heavy atom. The third-order valence-corrected chi connectivity index (χ3v) is 4.08. The van der Waals surface area contributed by atoms with E-state index in [0.29, 0.717) is 34.1 Å². The summed E-state index contributed by atoms with van der Waals surface area (Å²) < 4.78 is 12.4. The van der Waals surface area contributed by atoms with Crippen LogP contribution in [0.15, 0.2) is 54.7 Å². The molecule has 0 radical (unpaired) electrons. The molecule has 0 aliphatic heterocycles. The molecule has 8 nitrogen and oxygen atoms in total. The van der Waals surface area contributed by atoms with Gasteiger partial charge in [-0.1, -0.05) is 18.2 Å². The monoisotopic (exact) mass is 380 g/mol. The van der Waals surface area contributed by atoms with Gasteiger partial charge in [0.25, 0.3) is 0 Å². The quantitative estimate of drug-likeness (QED) is 0.664. The number of para-hydroxylation sites is 1. The van der Waals surface area contributed by atoms with Crippen LogP contribution in [0.3, 0.4) is 0 Å². The molecule has 0 unspecified atom stereocenters. The molecular formula is C20H20N4O4. The number of carbonyl (C=O) groups is 2. The molecule has 28 heavy (non-hydrogen) atoms. The summed E-state index contributed by atoms with van der Waals surface area (Å²) in [4.78, 5) is 24.4. The third-order valence-electron chi connectivity index (χ3n) is 4.08. The molecule has 144 valence electrons. The molecular weight excluding hydrogens is 360 g/mol. The second-order valence-corrected chi connectivity index (χ2v) is 5.87. The number of rotatable bonds is 5. The summed E-state index contributed by atoms with van der Waals surface area (Å²) in [6, 6.07) is 13.8. The molecule has 0 aliphatic rings. The maximum absolute atomic E-state index is 12.3. The molecule has 1 heterocycles. The first-order valence-electron chi connectivity index (χ1n) is 8.45. The standard InChI is InChI=1S/C20H20N4O4/c1-24-18(17(28-3)12-21-24)15-11-14(9-10-16(15)27-2)23-20(26)19(25)22-13-7-5-4-6-8-13/h4-12H,1-3H3,(H,22,25)(H,23,26). The number of nitrogens with one attached hydrogen (secondary N) is 2. The Morgan fingerprint density at radius 2 is 1.54 bits per heavy atom. The van der Waals surface area contributed by atoms with E-state index in [2.05, 4.69) is 15.7 Å². The lowest BCUT2D eigenvalue weighted by Gasteiger charge is -2.13. The van der Waals surface area contributed by atoms with E-state index < -0.39 is 11.8 Å². The summed E-state index contributed by atoms with van der Waals surface area (Å²) >= 11 is 0. The van der Waals surface area contributed by atoms with Crippen LogP contribution in [0.5, 0.6) is 11.5 Å². The predicted octanol–water partition coefficient (Wildman–Crippen LogP) is 2.68. The largest absolute Gasteiger partial charge is 0.496 e. The van der Waals surface area contributed by atoms with Crippen LogP contribution in [0.2, 0.25) is 0 Å². The highest BCUT2D eigenvalue weighted by molar-refractivity contribution is 6.43. The van der Waals surface area contributed by atoms with Crippen molar-refractivity contribution in [2.24, 2.45) is 7.05 Å². The van der Waals surface area contributed by atoms with E-state index in [-0.39, 0.29) is 0 Å². The van der Waals surface area contributed by atoms with Gasteiger partial charge in [-0.15, -0.1) is 0 Å². The zero-order chi connectivity index (χ0) is 20.1. The molecule has 0 bridgehead atoms. The van der Waals surface area contributed by atoms with Gasteiger partial charge in [0, 0.05) is 24.0 Å². The van der Waals surface area contributed by atoms with Gasteiger partial charge < -0.3 is 20.1 Å². The van der Waals surface area contributed by atoms with Gasteiger partial charge in [-0.3, -0.25) is 14.3 Å². The predicted molar refractivity (Wildman–Crippen MR) is 105 cm³/mol. The molecule has 0 fully saturated rings. The lowest BCUT2D eigenvalue weighted by Crippen LogP contribution is -2.29. The van der Waals surface area contributed by atoms with Crippen LogP contribution in [0, 0.1) is 0 Å². The molecule has 2 amide bonds. The summed E-state index contributed by atoms with van der Waals surface area (Å²) in [6.07, 6.45) is 1.59. The SMILES string of the molecule is COc1ccc(NC(=O)C(=O)Nc2ccccc2)cc1-c1c(OC)cnn1C. The lowest BCUT2D eigenvalue weighted by atomic mass is 10.1. The van der Waals surface area contributed by atoms with Crippen LogP contribution in [0.1, 0.15) is 0 Å². The van der Waals surface area contributed by atoms with Gasteiger partial charge >= 0.3 is 11.8 Å². The van der Waals surface area contributed by atoms with Crippen molar-refractivity contribution in [2.75, 3.05) is 24.9 Å². The number of anilines is 2. The van der Waals surface area contributed by atoms with E-state index in [1.54, 1.807) is 74.6 Å². The van der Waals surface area contributed by atoms with Crippen molar-refractivity contribution in [3.8, 4) is 22.8 Å². The molecule has 0 spiro atoms. The van der Waals surface area contributed by atoms with E-state index in [0.717, 1.165) is 0 Å². The highest BCUT2D eigenvalue weighted by Crippen LogP contribution is 2.37. The van der Waals surface area contributed by atoms with Gasteiger partial charge in [0.05, 0.1) is 20.4 Å². The number of aromatic nitrogens is 2. The van der Waals surface area contributed by atoms with E-state index in [9.17, 15) is 9.59 Å².